The minimum Gasteiger partial charge on any atom is -0.314 e. The molecular formula is C16H12N2O2S. The van der Waals surface area contributed by atoms with Crippen molar-refractivity contribution in [2.24, 2.45) is 0 Å². The molecule has 0 amide bonds. The molecule has 3 aromatic rings. The largest absolute Gasteiger partial charge is 0.314 e. The van der Waals surface area contributed by atoms with Crippen molar-refractivity contribution in [2.75, 3.05) is 0 Å². The second-order valence-corrected chi connectivity index (χ2v) is 7.60. The third kappa shape index (κ3) is 1.69. The Morgan fingerprint density at radius 2 is 1.86 bits per heavy atom. The number of hydrogen-bond donors (Lipinski definition) is 0. The molecule has 0 unspecified atom stereocenters. The Kier molecular flexibility index (Phi) is 2.42. The maximum Gasteiger partial charge on any atom is 0.182 e. The molecule has 0 saturated heterocycles. The monoisotopic (exact) mass is 296 g/mol. The molecule has 0 N–H and O–H groups in total. The Balaban J connectivity index is 2.09. The van der Waals surface area contributed by atoms with Crippen LogP contribution in [0, 0.1) is 11.3 Å². The molecule has 0 aliphatic heterocycles. The Bertz CT molecular complexity index is 1020. The van der Waals surface area contributed by atoms with Crippen molar-refractivity contribution in [1.82, 2.24) is 4.40 Å². The average molecular weight is 296 g/mol. The van der Waals surface area contributed by atoms with Crippen molar-refractivity contribution in [1.29, 1.82) is 5.26 Å². The van der Waals surface area contributed by atoms with E-state index in [4.69, 9.17) is 0 Å². The molecule has 1 aliphatic rings. The molecule has 1 aliphatic carbocycles. The molecule has 1 aromatic carbocycles. The summed E-state index contributed by atoms with van der Waals surface area (Å²) in [5.74, 6) is 0. The Hall–Kier alpha value is -2.32. The number of aromatic nitrogens is 1. The van der Waals surface area contributed by atoms with E-state index in [0.29, 0.717) is 10.5 Å². The lowest BCUT2D eigenvalue weighted by molar-refractivity contribution is 0.594. The lowest BCUT2D eigenvalue weighted by atomic mass is 10.2. The van der Waals surface area contributed by atoms with E-state index in [0.717, 1.165) is 29.3 Å². The third-order valence-corrected chi connectivity index (χ3v) is 6.26. The number of sulfone groups is 1. The highest BCUT2D eigenvalue weighted by Gasteiger charge is 2.37. The predicted octanol–water partition coefficient (Wildman–Crippen LogP) is 2.90. The molecule has 1 fully saturated rings. The number of para-hydroxylation sites is 1. The van der Waals surface area contributed by atoms with Crippen LogP contribution in [0.2, 0.25) is 0 Å². The molecule has 4 rings (SSSR count). The quantitative estimate of drug-likeness (QED) is 0.730. The number of benzene rings is 1. The van der Waals surface area contributed by atoms with E-state index < -0.39 is 9.84 Å². The van der Waals surface area contributed by atoms with Crippen molar-refractivity contribution >= 4 is 26.3 Å². The fourth-order valence-corrected chi connectivity index (χ4v) is 4.43. The number of fused-ring (bicyclic) bond motifs is 3. The Morgan fingerprint density at radius 1 is 1.10 bits per heavy atom. The summed E-state index contributed by atoms with van der Waals surface area (Å²) in [5.41, 5.74) is 2.19. The zero-order chi connectivity index (χ0) is 14.6. The highest BCUT2D eigenvalue weighted by molar-refractivity contribution is 7.92. The van der Waals surface area contributed by atoms with Gasteiger partial charge in [0.15, 0.2) is 9.84 Å². The average Bonchev–Trinajstić information content (AvgIpc) is 3.30. The van der Waals surface area contributed by atoms with Crippen molar-refractivity contribution in [3.05, 3.63) is 48.2 Å². The zero-order valence-corrected chi connectivity index (χ0v) is 12.0. The van der Waals surface area contributed by atoms with Gasteiger partial charge in [-0.25, -0.2) is 8.42 Å². The van der Waals surface area contributed by atoms with Gasteiger partial charge < -0.3 is 4.40 Å². The van der Waals surface area contributed by atoms with Crippen molar-refractivity contribution < 1.29 is 8.42 Å². The van der Waals surface area contributed by atoms with Crippen LogP contribution in [0.1, 0.15) is 18.4 Å². The second kappa shape index (κ2) is 4.09. The maximum absolute atomic E-state index is 12.4. The van der Waals surface area contributed by atoms with Gasteiger partial charge in [0.05, 0.1) is 26.7 Å². The van der Waals surface area contributed by atoms with Crippen LogP contribution >= 0.6 is 0 Å². The van der Waals surface area contributed by atoms with Gasteiger partial charge in [0, 0.05) is 11.6 Å². The minimum absolute atomic E-state index is 0.229. The van der Waals surface area contributed by atoms with E-state index in [1.165, 1.54) is 0 Å². The van der Waals surface area contributed by atoms with Gasteiger partial charge in [-0.05, 0) is 31.0 Å². The van der Waals surface area contributed by atoms with Gasteiger partial charge in [-0.15, -0.1) is 0 Å². The van der Waals surface area contributed by atoms with Crippen LogP contribution in [-0.4, -0.2) is 18.1 Å². The number of nitriles is 1. The van der Waals surface area contributed by atoms with Gasteiger partial charge in [0.25, 0.3) is 0 Å². The zero-order valence-electron chi connectivity index (χ0n) is 11.2. The summed E-state index contributed by atoms with van der Waals surface area (Å²) in [6, 6.07) is 13.1. The Morgan fingerprint density at radius 3 is 2.57 bits per heavy atom. The van der Waals surface area contributed by atoms with Crippen LogP contribution in [-0.2, 0) is 9.84 Å². The molecule has 0 spiro atoms. The van der Waals surface area contributed by atoms with Gasteiger partial charge in [-0.2, -0.15) is 5.26 Å². The number of hydrogen-bond acceptors (Lipinski definition) is 3. The summed E-state index contributed by atoms with van der Waals surface area (Å²) in [7, 11) is -3.23. The smallest absolute Gasteiger partial charge is 0.182 e. The SMILES string of the molecule is N#Cc1c2ccccc2n2cc(S(=O)(=O)C3CC3)ccc12. The summed E-state index contributed by atoms with van der Waals surface area (Å²) in [6.45, 7) is 0. The van der Waals surface area contributed by atoms with Crippen LogP contribution in [0.15, 0.2) is 47.5 Å². The second-order valence-electron chi connectivity index (χ2n) is 5.37. The van der Waals surface area contributed by atoms with Crippen LogP contribution in [0.3, 0.4) is 0 Å². The first-order valence-corrected chi connectivity index (χ1v) is 8.34. The molecule has 0 radical (unpaired) electrons. The van der Waals surface area contributed by atoms with E-state index in [2.05, 4.69) is 6.07 Å². The highest BCUT2D eigenvalue weighted by atomic mass is 32.2. The van der Waals surface area contributed by atoms with Gasteiger partial charge in [0.2, 0.25) is 0 Å². The topological polar surface area (TPSA) is 62.3 Å². The molecule has 0 atom stereocenters. The van der Waals surface area contributed by atoms with Gasteiger partial charge in [0.1, 0.15) is 6.07 Å². The normalized spacial score (nSPS) is 15.4. The number of rotatable bonds is 2. The minimum atomic E-state index is -3.23. The van der Waals surface area contributed by atoms with E-state index in [-0.39, 0.29) is 5.25 Å². The van der Waals surface area contributed by atoms with Gasteiger partial charge >= 0.3 is 0 Å². The predicted molar refractivity (Wildman–Crippen MR) is 79.8 cm³/mol. The molecule has 4 nitrogen and oxygen atoms in total. The van der Waals surface area contributed by atoms with Crippen LogP contribution in [0.5, 0.6) is 0 Å². The van der Waals surface area contributed by atoms with Crippen LogP contribution < -0.4 is 0 Å². The third-order valence-electron chi connectivity index (χ3n) is 4.01. The van der Waals surface area contributed by atoms with Crippen LogP contribution in [0.25, 0.3) is 16.4 Å². The van der Waals surface area contributed by atoms with Crippen molar-refractivity contribution in [2.45, 2.75) is 23.0 Å². The lowest BCUT2D eigenvalue weighted by Crippen LogP contribution is -2.07. The first kappa shape index (κ1) is 12.4. The molecule has 1 saturated carbocycles. The summed E-state index contributed by atoms with van der Waals surface area (Å²) in [6.07, 6.45) is 3.14. The molecule has 104 valence electrons. The van der Waals surface area contributed by atoms with Gasteiger partial charge in [-0.3, -0.25) is 0 Å². The number of pyridine rings is 1. The van der Waals surface area contributed by atoms with Crippen molar-refractivity contribution in [3.63, 3.8) is 0 Å². The molecule has 2 heterocycles. The highest BCUT2D eigenvalue weighted by Crippen LogP contribution is 2.34. The molecule has 2 aromatic heterocycles. The molecule has 5 heteroatoms. The van der Waals surface area contributed by atoms with Gasteiger partial charge in [-0.1, -0.05) is 18.2 Å². The summed E-state index contributed by atoms with van der Waals surface area (Å²) >= 11 is 0. The molecule has 21 heavy (non-hydrogen) atoms. The maximum atomic E-state index is 12.4. The summed E-state index contributed by atoms with van der Waals surface area (Å²) in [4.78, 5) is 0.336. The molecule has 0 bridgehead atoms. The lowest BCUT2D eigenvalue weighted by Gasteiger charge is -2.04. The van der Waals surface area contributed by atoms with Crippen molar-refractivity contribution in [3.8, 4) is 6.07 Å². The molecular weight excluding hydrogens is 284 g/mol. The first-order valence-electron chi connectivity index (χ1n) is 6.80. The van der Waals surface area contributed by atoms with Crippen LogP contribution in [0.4, 0.5) is 0 Å². The first-order chi connectivity index (χ1) is 10.1. The van der Waals surface area contributed by atoms with E-state index in [1.54, 1.807) is 18.3 Å². The Labute approximate surface area is 122 Å². The standard InChI is InChI=1S/C16H12N2O2S/c17-9-14-13-3-1-2-4-15(13)18-10-12(7-8-16(14)18)21(19,20)11-5-6-11/h1-4,7-8,10-11H,5-6H2. The van der Waals surface area contributed by atoms with E-state index in [1.807, 2.05) is 28.7 Å². The van der Waals surface area contributed by atoms with E-state index in [9.17, 15) is 13.7 Å². The summed E-state index contributed by atoms with van der Waals surface area (Å²) in [5, 5.41) is 9.99. The fraction of sp³-hybridized carbons (Fsp3) is 0.188. The van der Waals surface area contributed by atoms with E-state index >= 15 is 0 Å². The fourth-order valence-electron chi connectivity index (χ4n) is 2.77. The summed E-state index contributed by atoms with van der Waals surface area (Å²) < 4.78 is 26.6. The number of nitrogens with zero attached hydrogens (tertiary/aromatic N) is 2.